The fraction of sp³-hybridized carbons (Fsp3) is 0.214. The number of aryl methyl sites for hydroxylation is 2. The molecule has 4 aromatic heterocycles. The predicted octanol–water partition coefficient (Wildman–Crippen LogP) is 2.44. The second-order valence-electron chi connectivity index (χ2n) is 4.91. The molecule has 0 aliphatic heterocycles. The molecule has 0 saturated heterocycles. The molecule has 8 heteroatoms. The lowest BCUT2D eigenvalue weighted by atomic mass is 10.1. The lowest BCUT2D eigenvalue weighted by Gasteiger charge is -1.96. The monoisotopic (exact) mass is 312 g/mol. The van der Waals surface area contributed by atoms with Crippen molar-refractivity contribution in [3.63, 3.8) is 0 Å². The van der Waals surface area contributed by atoms with E-state index in [2.05, 4.69) is 25.4 Å². The quantitative estimate of drug-likeness (QED) is 0.578. The van der Waals surface area contributed by atoms with Gasteiger partial charge in [-0.2, -0.15) is 9.61 Å². The van der Waals surface area contributed by atoms with Gasteiger partial charge >= 0.3 is 0 Å². The van der Waals surface area contributed by atoms with E-state index < -0.39 is 0 Å². The molecular formula is C14H12N6OS. The molecule has 0 saturated carbocycles. The average molecular weight is 312 g/mol. The third-order valence-electron chi connectivity index (χ3n) is 3.44. The van der Waals surface area contributed by atoms with Crippen molar-refractivity contribution >= 4 is 16.3 Å². The summed E-state index contributed by atoms with van der Waals surface area (Å²) in [6.07, 6.45) is 2.41. The molecule has 0 aliphatic rings. The van der Waals surface area contributed by atoms with E-state index in [4.69, 9.17) is 4.52 Å². The van der Waals surface area contributed by atoms with E-state index in [1.54, 1.807) is 10.7 Å². The van der Waals surface area contributed by atoms with Gasteiger partial charge < -0.3 is 4.52 Å². The maximum atomic E-state index is 5.20. The van der Waals surface area contributed by atoms with Gasteiger partial charge in [0.05, 0.1) is 5.69 Å². The smallest absolute Gasteiger partial charge is 0.235 e. The molecule has 0 fully saturated rings. The van der Waals surface area contributed by atoms with Crippen molar-refractivity contribution in [2.75, 3.05) is 0 Å². The molecule has 0 bridgehead atoms. The fourth-order valence-corrected chi connectivity index (χ4v) is 3.13. The molecule has 0 unspecified atom stereocenters. The minimum atomic E-state index is 0.650. The molecule has 110 valence electrons. The highest BCUT2D eigenvalue weighted by Gasteiger charge is 2.17. The Bertz CT molecular complexity index is 919. The third-order valence-corrected chi connectivity index (χ3v) is 4.33. The van der Waals surface area contributed by atoms with Crippen LogP contribution in [0.25, 0.3) is 16.5 Å². The molecule has 7 nitrogen and oxygen atoms in total. The molecule has 4 aromatic rings. The number of aromatic nitrogens is 6. The standard InChI is InChI=1S/C14H12N6OS/c1-8-10(9(2)21-19-8)7-12-18-20-13(16-17-14(20)22-12)11-5-3-4-6-15-11/h3-6H,7H2,1-2H3. The van der Waals surface area contributed by atoms with Crippen LogP contribution in [0, 0.1) is 13.8 Å². The molecule has 0 aliphatic carbocycles. The van der Waals surface area contributed by atoms with E-state index >= 15 is 0 Å². The van der Waals surface area contributed by atoms with E-state index in [1.807, 2.05) is 32.0 Å². The maximum Gasteiger partial charge on any atom is 0.235 e. The summed E-state index contributed by atoms with van der Waals surface area (Å²) in [6, 6.07) is 5.68. The lowest BCUT2D eigenvalue weighted by Crippen LogP contribution is -1.96. The van der Waals surface area contributed by atoms with E-state index in [1.165, 1.54) is 11.3 Å². The van der Waals surface area contributed by atoms with Gasteiger partial charge in [-0.25, -0.2) is 0 Å². The van der Waals surface area contributed by atoms with E-state index in [0.29, 0.717) is 12.2 Å². The summed E-state index contributed by atoms with van der Waals surface area (Å²) in [7, 11) is 0. The Morgan fingerprint density at radius 1 is 1.23 bits per heavy atom. The van der Waals surface area contributed by atoms with Crippen molar-refractivity contribution in [3.8, 4) is 11.5 Å². The predicted molar refractivity (Wildman–Crippen MR) is 80.7 cm³/mol. The van der Waals surface area contributed by atoms with Crippen LogP contribution in [0.5, 0.6) is 0 Å². The van der Waals surface area contributed by atoms with Gasteiger partial charge in [0.2, 0.25) is 10.8 Å². The van der Waals surface area contributed by atoms with Crippen molar-refractivity contribution < 1.29 is 4.52 Å². The number of rotatable bonds is 3. The Morgan fingerprint density at radius 3 is 2.86 bits per heavy atom. The number of fused-ring (bicyclic) bond motifs is 1. The summed E-state index contributed by atoms with van der Waals surface area (Å²) >= 11 is 1.51. The van der Waals surface area contributed by atoms with Crippen molar-refractivity contribution in [1.82, 2.24) is 30.0 Å². The molecule has 0 aromatic carbocycles. The van der Waals surface area contributed by atoms with Gasteiger partial charge in [0.15, 0.2) is 0 Å². The first kappa shape index (κ1) is 13.1. The Hall–Kier alpha value is -2.61. The molecular weight excluding hydrogens is 300 g/mol. The molecule has 0 atom stereocenters. The Balaban J connectivity index is 1.75. The van der Waals surface area contributed by atoms with Crippen LogP contribution in [0.2, 0.25) is 0 Å². The van der Waals surface area contributed by atoms with Crippen LogP contribution in [0.4, 0.5) is 0 Å². The summed E-state index contributed by atoms with van der Waals surface area (Å²) in [4.78, 5) is 5.05. The van der Waals surface area contributed by atoms with Crippen LogP contribution in [-0.4, -0.2) is 30.0 Å². The topological polar surface area (TPSA) is 82.0 Å². The third kappa shape index (κ3) is 2.08. The number of nitrogens with zero attached hydrogens (tertiary/aromatic N) is 6. The molecule has 4 rings (SSSR count). The van der Waals surface area contributed by atoms with E-state index in [9.17, 15) is 0 Å². The van der Waals surface area contributed by atoms with Crippen molar-refractivity contribution in [2.24, 2.45) is 0 Å². The van der Waals surface area contributed by atoms with Crippen LogP contribution in [0.3, 0.4) is 0 Å². The zero-order valence-electron chi connectivity index (χ0n) is 12.0. The average Bonchev–Trinajstić information content (AvgIpc) is 3.18. The highest BCUT2D eigenvalue weighted by molar-refractivity contribution is 7.16. The van der Waals surface area contributed by atoms with E-state index in [0.717, 1.165) is 32.7 Å². The fourth-order valence-electron chi connectivity index (χ4n) is 2.29. The summed E-state index contributed by atoms with van der Waals surface area (Å²) in [5.41, 5.74) is 2.72. The van der Waals surface area contributed by atoms with Crippen LogP contribution in [0.1, 0.15) is 22.0 Å². The summed E-state index contributed by atoms with van der Waals surface area (Å²) in [5, 5.41) is 17.9. The normalized spacial score (nSPS) is 11.4. The lowest BCUT2D eigenvalue weighted by molar-refractivity contribution is 0.392. The van der Waals surface area contributed by atoms with Crippen molar-refractivity contribution in [3.05, 3.63) is 46.4 Å². The zero-order chi connectivity index (χ0) is 15.1. The van der Waals surface area contributed by atoms with Gasteiger partial charge in [-0.15, -0.1) is 10.2 Å². The highest BCUT2D eigenvalue weighted by atomic mass is 32.1. The Morgan fingerprint density at radius 2 is 2.14 bits per heavy atom. The van der Waals surface area contributed by atoms with Gasteiger partial charge in [0.1, 0.15) is 16.5 Å². The molecule has 0 spiro atoms. The first-order valence-electron chi connectivity index (χ1n) is 6.76. The van der Waals surface area contributed by atoms with Gasteiger partial charge in [-0.05, 0) is 26.0 Å². The number of hydrogen-bond donors (Lipinski definition) is 0. The molecule has 0 radical (unpaired) electrons. The SMILES string of the molecule is Cc1noc(C)c1Cc1nn2c(-c3ccccn3)nnc2s1. The van der Waals surface area contributed by atoms with Gasteiger partial charge in [0.25, 0.3) is 0 Å². The summed E-state index contributed by atoms with van der Waals surface area (Å²) < 4.78 is 6.93. The van der Waals surface area contributed by atoms with Crippen LogP contribution < -0.4 is 0 Å². The largest absolute Gasteiger partial charge is 0.361 e. The second kappa shape index (κ2) is 4.99. The van der Waals surface area contributed by atoms with Gasteiger partial charge in [-0.1, -0.05) is 22.6 Å². The zero-order valence-corrected chi connectivity index (χ0v) is 12.8. The van der Waals surface area contributed by atoms with Crippen LogP contribution >= 0.6 is 11.3 Å². The highest BCUT2D eigenvalue weighted by Crippen LogP contribution is 2.23. The van der Waals surface area contributed by atoms with Crippen LogP contribution in [0.15, 0.2) is 28.9 Å². The Labute approximate surface area is 129 Å². The summed E-state index contributed by atoms with van der Waals surface area (Å²) in [6.45, 7) is 3.85. The molecule has 0 N–H and O–H groups in total. The maximum absolute atomic E-state index is 5.20. The molecule has 0 amide bonds. The Kier molecular flexibility index (Phi) is 2.97. The van der Waals surface area contributed by atoms with Gasteiger partial charge in [-0.3, -0.25) is 4.98 Å². The second-order valence-corrected chi connectivity index (χ2v) is 5.95. The van der Waals surface area contributed by atoms with E-state index in [-0.39, 0.29) is 0 Å². The first-order valence-corrected chi connectivity index (χ1v) is 7.58. The molecule has 4 heterocycles. The van der Waals surface area contributed by atoms with Gasteiger partial charge in [0, 0.05) is 18.2 Å². The van der Waals surface area contributed by atoms with Crippen molar-refractivity contribution in [2.45, 2.75) is 20.3 Å². The minimum absolute atomic E-state index is 0.650. The van der Waals surface area contributed by atoms with Crippen molar-refractivity contribution in [1.29, 1.82) is 0 Å². The first-order chi connectivity index (χ1) is 10.7. The number of hydrogen-bond acceptors (Lipinski definition) is 7. The summed E-state index contributed by atoms with van der Waals surface area (Å²) in [5.74, 6) is 1.48. The molecule has 22 heavy (non-hydrogen) atoms. The van der Waals surface area contributed by atoms with Crippen LogP contribution in [-0.2, 0) is 6.42 Å². The minimum Gasteiger partial charge on any atom is -0.361 e. The number of pyridine rings is 1.